The van der Waals surface area contributed by atoms with Gasteiger partial charge in [-0.05, 0) is 24.1 Å². The second kappa shape index (κ2) is 5.20. The molecule has 0 saturated carbocycles. The van der Waals surface area contributed by atoms with Crippen LogP contribution in [0.4, 0.5) is 4.79 Å². The van der Waals surface area contributed by atoms with E-state index >= 15 is 0 Å². The van der Waals surface area contributed by atoms with Gasteiger partial charge in [-0.3, -0.25) is 4.84 Å². The fourth-order valence-electron chi connectivity index (χ4n) is 2.91. The Bertz CT molecular complexity index is 520. The Morgan fingerprint density at radius 3 is 2.85 bits per heavy atom. The summed E-state index contributed by atoms with van der Waals surface area (Å²) in [5.41, 5.74) is 1.14. The van der Waals surface area contributed by atoms with Gasteiger partial charge in [0.15, 0.2) is 11.5 Å². The molecule has 0 aliphatic carbocycles. The van der Waals surface area contributed by atoms with E-state index in [1.165, 1.54) is 5.06 Å². The molecule has 0 spiro atoms. The fraction of sp³-hybridized carbons (Fsp3) is 0.500. The Balaban J connectivity index is 1.90. The van der Waals surface area contributed by atoms with E-state index in [0.29, 0.717) is 24.7 Å². The van der Waals surface area contributed by atoms with Crippen LogP contribution in [0.25, 0.3) is 0 Å². The third kappa shape index (κ3) is 2.06. The number of nitrogens with zero attached hydrogens (tertiary/aromatic N) is 1. The largest absolute Gasteiger partial charge is 0.493 e. The Kier molecular flexibility index (Phi) is 3.40. The maximum Gasteiger partial charge on any atom is 0.341 e. The first-order valence-corrected chi connectivity index (χ1v) is 6.66. The lowest BCUT2D eigenvalue weighted by molar-refractivity contribution is -0.161. The summed E-state index contributed by atoms with van der Waals surface area (Å²) < 4.78 is 10.6. The molecule has 2 saturated heterocycles. The first-order valence-electron chi connectivity index (χ1n) is 6.66. The Hall–Kier alpha value is -1.95. The molecule has 20 heavy (non-hydrogen) atoms. The lowest BCUT2D eigenvalue weighted by Gasteiger charge is -2.34. The Morgan fingerprint density at radius 1 is 1.30 bits per heavy atom. The predicted octanol–water partition coefficient (Wildman–Crippen LogP) is 1.52. The number of hydrogen-bond acceptors (Lipinski definition) is 4. The van der Waals surface area contributed by atoms with Gasteiger partial charge in [0.1, 0.15) is 0 Å². The van der Waals surface area contributed by atoms with Crippen molar-refractivity contribution in [1.29, 1.82) is 0 Å². The average molecular weight is 278 g/mol. The van der Waals surface area contributed by atoms with Crippen LogP contribution in [0.5, 0.6) is 11.5 Å². The molecule has 2 amide bonds. The van der Waals surface area contributed by atoms with E-state index in [1.54, 1.807) is 14.2 Å². The number of rotatable bonds is 3. The topological polar surface area (TPSA) is 60.0 Å². The predicted molar refractivity (Wildman–Crippen MR) is 71.9 cm³/mol. The van der Waals surface area contributed by atoms with E-state index in [-0.39, 0.29) is 18.0 Å². The molecule has 108 valence electrons. The minimum Gasteiger partial charge on any atom is -0.493 e. The van der Waals surface area contributed by atoms with E-state index in [0.717, 1.165) is 12.0 Å². The molecule has 2 heterocycles. The monoisotopic (exact) mass is 278 g/mol. The van der Waals surface area contributed by atoms with Crippen LogP contribution < -0.4 is 14.8 Å². The van der Waals surface area contributed by atoms with Crippen LogP contribution in [0.2, 0.25) is 0 Å². The zero-order chi connectivity index (χ0) is 14.1. The van der Waals surface area contributed by atoms with Gasteiger partial charge in [0.25, 0.3) is 0 Å². The standard InChI is InChI=1S/C14H18N2O4/c1-18-12-4-3-9(7-13(12)19-2)10-5-6-20-16-11(10)8-15-14(16)17/h3-4,7,10-11H,5-6,8H2,1-2H3,(H,15,17). The second-order valence-corrected chi connectivity index (χ2v) is 4.92. The highest BCUT2D eigenvalue weighted by atomic mass is 16.7. The molecule has 1 aromatic rings. The third-order valence-corrected chi connectivity index (χ3v) is 3.92. The molecule has 0 aromatic heterocycles. The van der Waals surface area contributed by atoms with E-state index in [9.17, 15) is 4.79 Å². The van der Waals surface area contributed by atoms with Gasteiger partial charge in [-0.2, -0.15) is 5.06 Å². The van der Waals surface area contributed by atoms with E-state index in [2.05, 4.69) is 5.32 Å². The smallest absolute Gasteiger partial charge is 0.341 e. The molecular weight excluding hydrogens is 260 g/mol. The summed E-state index contributed by atoms with van der Waals surface area (Å²) in [7, 11) is 3.24. The van der Waals surface area contributed by atoms with E-state index in [4.69, 9.17) is 14.3 Å². The fourth-order valence-corrected chi connectivity index (χ4v) is 2.91. The lowest BCUT2D eigenvalue weighted by Crippen LogP contribution is -2.43. The van der Waals surface area contributed by atoms with Crippen molar-refractivity contribution in [2.45, 2.75) is 18.4 Å². The summed E-state index contributed by atoms with van der Waals surface area (Å²) in [6.45, 7) is 1.15. The van der Waals surface area contributed by atoms with Crippen molar-refractivity contribution in [2.24, 2.45) is 0 Å². The van der Waals surface area contributed by atoms with Crippen molar-refractivity contribution in [1.82, 2.24) is 10.4 Å². The van der Waals surface area contributed by atoms with Crippen molar-refractivity contribution in [3.8, 4) is 11.5 Å². The molecule has 0 bridgehead atoms. The number of hydrogen-bond donors (Lipinski definition) is 1. The van der Waals surface area contributed by atoms with Gasteiger partial charge in [0.2, 0.25) is 0 Å². The zero-order valence-corrected chi connectivity index (χ0v) is 11.6. The van der Waals surface area contributed by atoms with E-state index in [1.807, 2.05) is 18.2 Å². The first-order chi connectivity index (χ1) is 9.74. The van der Waals surface area contributed by atoms with Gasteiger partial charge >= 0.3 is 6.03 Å². The van der Waals surface area contributed by atoms with Crippen molar-refractivity contribution in [3.05, 3.63) is 23.8 Å². The molecule has 6 nitrogen and oxygen atoms in total. The summed E-state index contributed by atoms with van der Waals surface area (Å²) in [6.07, 6.45) is 0.881. The van der Waals surface area contributed by atoms with Crippen molar-refractivity contribution >= 4 is 6.03 Å². The van der Waals surface area contributed by atoms with Crippen molar-refractivity contribution in [2.75, 3.05) is 27.4 Å². The molecule has 1 aromatic carbocycles. The lowest BCUT2D eigenvalue weighted by atomic mass is 9.88. The molecule has 6 heteroatoms. The summed E-state index contributed by atoms with van der Waals surface area (Å²) >= 11 is 0. The molecule has 2 fully saturated rings. The van der Waals surface area contributed by atoms with Crippen molar-refractivity contribution < 1.29 is 19.1 Å². The number of ether oxygens (including phenoxy) is 2. The number of benzene rings is 1. The number of urea groups is 1. The van der Waals surface area contributed by atoms with Gasteiger partial charge in [-0.15, -0.1) is 0 Å². The summed E-state index contributed by atoms with van der Waals surface area (Å²) in [5, 5.41) is 4.28. The maximum atomic E-state index is 11.7. The zero-order valence-electron chi connectivity index (χ0n) is 11.6. The number of nitrogens with one attached hydrogen (secondary N) is 1. The minimum absolute atomic E-state index is 0.0364. The van der Waals surface area contributed by atoms with Crippen molar-refractivity contribution in [3.63, 3.8) is 0 Å². The second-order valence-electron chi connectivity index (χ2n) is 4.92. The summed E-state index contributed by atoms with van der Waals surface area (Å²) in [4.78, 5) is 17.1. The van der Waals surface area contributed by atoms with Gasteiger partial charge in [-0.1, -0.05) is 6.07 Å². The van der Waals surface area contributed by atoms with E-state index < -0.39 is 0 Å². The highest BCUT2D eigenvalue weighted by molar-refractivity contribution is 5.76. The number of carbonyl (C=O) groups excluding carboxylic acids is 1. The van der Waals surface area contributed by atoms with Crippen LogP contribution >= 0.6 is 0 Å². The number of methoxy groups -OCH3 is 2. The van der Waals surface area contributed by atoms with Gasteiger partial charge in [-0.25, -0.2) is 4.79 Å². The number of hydroxylamine groups is 2. The minimum atomic E-state index is -0.153. The number of carbonyl (C=O) groups is 1. The molecule has 2 aliphatic heterocycles. The average Bonchev–Trinajstić information content (AvgIpc) is 2.88. The molecule has 1 N–H and O–H groups in total. The highest BCUT2D eigenvalue weighted by Gasteiger charge is 2.41. The molecule has 2 aliphatic rings. The molecule has 2 atom stereocenters. The Morgan fingerprint density at radius 2 is 2.10 bits per heavy atom. The molecule has 2 unspecified atom stereocenters. The number of amides is 2. The quantitative estimate of drug-likeness (QED) is 0.910. The van der Waals surface area contributed by atoms with Crippen LogP contribution in [0.3, 0.4) is 0 Å². The van der Waals surface area contributed by atoms with Crippen LogP contribution in [0, 0.1) is 0 Å². The summed E-state index contributed by atoms with van der Waals surface area (Å²) in [5.74, 6) is 1.66. The SMILES string of the molecule is COc1ccc(C2CCON3C(=O)NCC23)cc1OC. The first kappa shape index (κ1) is 13.1. The number of fused-ring (bicyclic) bond motifs is 1. The molecular formula is C14H18N2O4. The van der Waals surface area contributed by atoms with Gasteiger partial charge in [0.05, 0.1) is 26.9 Å². The molecule has 3 rings (SSSR count). The van der Waals surface area contributed by atoms with Crippen LogP contribution in [0.1, 0.15) is 17.9 Å². The van der Waals surface area contributed by atoms with Crippen LogP contribution in [-0.4, -0.2) is 44.5 Å². The summed E-state index contributed by atoms with van der Waals surface area (Å²) in [6, 6.07) is 5.79. The molecule has 0 radical (unpaired) electrons. The van der Waals surface area contributed by atoms with Gasteiger partial charge < -0.3 is 14.8 Å². The normalized spacial score (nSPS) is 25.1. The Labute approximate surface area is 117 Å². The third-order valence-electron chi connectivity index (χ3n) is 3.92. The highest BCUT2D eigenvalue weighted by Crippen LogP contribution is 2.37. The van der Waals surface area contributed by atoms with Gasteiger partial charge in [0, 0.05) is 12.5 Å². The van der Waals surface area contributed by atoms with Crippen LogP contribution in [0.15, 0.2) is 18.2 Å². The maximum absolute atomic E-state index is 11.7. The van der Waals surface area contributed by atoms with Crippen LogP contribution in [-0.2, 0) is 4.84 Å².